The van der Waals surface area contributed by atoms with Crippen molar-refractivity contribution in [3.63, 3.8) is 0 Å². The Balaban J connectivity index is 2.56. The highest BCUT2D eigenvalue weighted by Crippen LogP contribution is 2.05. The van der Waals surface area contributed by atoms with Crippen molar-refractivity contribution in [3.05, 3.63) is 12.0 Å². The van der Waals surface area contributed by atoms with Crippen molar-refractivity contribution < 1.29 is 13.2 Å². The maximum absolute atomic E-state index is 11.7. The van der Waals surface area contributed by atoms with Crippen LogP contribution in [0.1, 0.15) is 19.2 Å². The Bertz CT molecular complexity index is 413. The third kappa shape index (κ3) is 3.58. The second-order valence-electron chi connectivity index (χ2n) is 3.29. The fraction of sp³-hybridized carbons (Fsp3) is 0.667. The number of hydrogen-bond acceptors (Lipinski definition) is 4. The van der Waals surface area contributed by atoms with Crippen LogP contribution in [-0.4, -0.2) is 38.6 Å². The summed E-state index contributed by atoms with van der Waals surface area (Å²) in [7, 11) is -1.87. The van der Waals surface area contributed by atoms with Crippen molar-refractivity contribution in [2.45, 2.75) is 24.8 Å². The highest BCUT2D eigenvalue weighted by atomic mass is 32.2. The Hall–Kier alpha value is -0.920. The molecule has 0 spiro atoms. The van der Waals surface area contributed by atoms with E-state index in [9.17, 15) is 8.42 Å². The first-order valence-electron chi connectivity index (χ1n) is 5.12. The molecule has 0 radical (unpaired) electrons. The van der Waals surface area contributed by atoms with Gasteiger partial charge >= 0.3 is 0 Å². The molecule has 0 saturated carbocycles. The molecule has 1 aromatic rings. The Morgan fingerprint density at radius 1 is 1.56 bits per heavy atom. The summed E-state index contributed by atoms with van der Waals surface area (Å²) in [6.07, 6.45) is 2.65. The van der Waals surface area contributed by atoms with Crippen molar-refractivity contribution >= 4 is 10.0 Å². The highest BCUT2D eigenvalue weighted by Gasteiger charge is 2.15. The number of methoxy groups -OCH3 is 1. The first kappa shape index (κ1) is 13.1. The van der Waals surface area contributed by atoms with Crippen molar-refractivity contribution in [1.82, 2.24) is 14.7 Å². The number of rotatable bonds is 7. The third-order valence-corrected chi connectivity index (χ3v) is 3.42. The molecular weight excluding hydrogens is 230 g/mol. The van der Waals surface area contributed by atoms with Gasteiger partial charge in [-0.05, 0) is 6.42 Å². The van der Waals surface area contributed by atoms with Gasteiger partial charge in [-0.1, -0.05) is 6.92 Å². The van der Waals surface area contributed by atoms with Gasteiger partial charge in [-0.15, -0.1) is 0 Å². The highest BCUT2D eigenvalue weighted by molar-refractivity contribution is 7.89. The zero-order valence-corrected chi connectivity index (χ0v) is 10.3. The minimum absolute atomic E-state index is 0.113. The van der Waals surface area contributed by atoms with Crippen LogP contribution in [0.15, 0.2) is 11.2 Å². The monoisotopic (exact) mass is 247 g/mol. The standard InChI is InChI=1S/C9H17N3O3S/c1-3-8-10-7-9(12-8)16(13,14)11-5-4-6-15-2/h7,11H,3-6H2,1-2H3,(H,10,12). The molecule has 2 N–H and O–H groups in total. The van der Waals surface area contributed by atoms with E-state index < -0.39 is 10.0 Å². The topological polar surface area (TPSA) is 84.1 Å². The lowest BCUT2D eigenvalue weighted by molar-refractivity contribution is 0.196. The Morgan fingerprint density at radius 3 is 2.88 bits per heavy atom. The summed E-state index contributed by atoms with van der Waals surface area (Å²) in [6, 6.07) is 0. The SMILES string of the molecule is CCc1ncc(S(=O)(=O)NCCCOC)[nH]1. The van der Waals surface area contributed by atoms with E-state index in [1.54, 1.807) is 7.11 Å². The number of aromatic amines is 1. The van der Waals surface area contributed by atoms with Gasteiger partial charge in [-0.2, -0.15) is 0 Å². The number of aryl methyl sites for hydroxylation is 1. The van der Waals surface area contributed by atoms with Crippen LogP contribution >= 0.6 is 0 Å². The Kier molecular flexibility index (Phi) is 4.91. The number of nitrogens with zero attached hydrogens (tertiary/aromatic N) is 1. The summed E-state index contributed by atoms with van der Waals surface area (Å²) in [5.74, 6) is 0.664. The number of H-pyrrole nitrogens is 1. The van der Waals surface area contributed by atoms with Crippen LogP contribution in [0.5, 0.6) is 0 Å². The molecule has 1 aromatic heterocycles. The molecule has 0 aliphatic heterocycles. The molecule has 6 nitrogen and oxygen atoms in total. The molecule has 0 fully saturated rings. The number of hydrogen-bond donors (Lipinski definition) is 2. The van der Waals surface area contributed by atoms with Crippen molar-refractivity contribution in [1.29, 1.82) is 0 Å². The smallest absolute Gasteiger partial charge is 0.257 e. The summed E-state index contributed by atoms with van der Waals surface area (Å²) >= 11 is 0. The normalized spacial score (nSPS) is 11.9. The predicted molar refractivity (Wildman–Crippen MR) is 59.6 cm³/mol. The third-order valence-electron chi connectivity index (χ3n) is 2.05. The van der Waals surface area contributed by atoms with Gasteiger partial charge in [0.25, 0.3) is 10.0 Å². The van der Waals surface area contributed by atoms with E-state index in [4.69, 9.17) is 4.74 Å². The molecule has 7 heteroatoms. The zero-order valence-electron chi connectivity index (χ0n) is 9.49. The van der Waals surface area contributed by atoms with E-state index in [2.05, 4.69) is 14.7 Å². The van der Waals surface area contributed by atoms with E-state index in [-0.39, 0.29) is 5.03 Å². The molecule has 0 saturated heterocycles. The summed E-state index contributed by atoms with van der Waals surface area (Å²) < 4.78 is 30.7. The van der Waals surface area contributed by atoms with E-state index in [1.165, 1.54) is 6.20 Å². The average molecular weight is 247 g/mol. The van der Waals surface area contributed by atoms with Crippen LogP contribution in [0.3, 0.4) is 0 Å². The van der Waals surface area contributed by atoms with Crippen molar-refractivity contribution in [2.75, 3.05) is 20.3 Å². The maximum atomic E-state index is 11.7. The molecule has 1 rings (SSSR count). The van der Waals surface area contributed by atoms with Gasteiger partial charge in [0, 0.05) is 26.7 Å². The summed E-state index contributed by atoms with van der Waals surface area (Å²) in [4.78, 5) is 6.70. The van der Waals surface area contributed by atoms with E-state index >= 15 is 0 Å². The van der Waals surface area contributed by atoms with E-state index in [0.717, 1.165) is 0 Å². The molecule has 0 atom stereocenters. The number of ether oxygens (including phenoxy) is 1. The molecule has 92 valence electrons. The minimum Gasteiger partial charge on any atom is -0.385 e. The van der Waals surface area contributed by atoms with Gasteiger partial charge in [0.1, 0.15) is 5.82 Å². The van der Waals surface area contributed by atoms with Gasteiger partial charge in [0.05, 0.1) is 6.20 Å². The first-order valence-corrected chi connectivity index (χ1v) is 6.61. The van der Waals surface area contributed by atoms with Crippen molar-refractivity contribution in [2.24, 2.45) is 0 Å². The number of imidazole rings is 1. The lowest BCUT2D eigenvalue weighted by Crippen LogP contribution is -2.25. The van der Waals surface area contributed by atoms with Crippen LogP contribution in [-0.2, 0) is 21.2 Å². The molecule has 0 amide bonds. The van der Waals surface area contributed by atoms with Crippen molar-refractivity contribution in [3.8, 4) is 0 Å². The predicted octanol–water partition coefficient (Wildman–Crippen LogP) is 0.287. The number of sulfonamides is 1. The summed E-state index contributed by atoms with van der Waals surface area (Å²) in [5, 5.41) is 0.113. The second-order valence-corrected chi connectivity index (χ2v) is 5.03. The number of nitrogens with one attached hydrogen (secondary N) is 2. The quantitative estimate of drug-likeness (QED) is 0.678. The maximum Gasteiger partial charge on any atom is 0.257 e. The van der Waals surface area contributed by atoms with Gasteiger partial charge in [-0.3, -0.25) is 0 Å². The summed E-state index contributed by atoms with van der Waals surface area (Å²) in [5.41, 5.74) is 0. The molecule has 0 aromatic carbocycles. The molecular formula is C9H17N3O3S. The average Bonchev–Trinajstić information content (AvgIpc) is 2.73. The lowest BCUT2D eigenvalue weighted by atomic mass is 10.5. The van der Waals surface area contributed by atoms with E-state index in [0.29, 0.717) is 31.8 Å². The van der Waals surface area contributed by atoms with Crippen LogP contribution in [0.4, 0.5) is 0 Å². The molecule has 16 heavy (non-hydrogen) atoms. The molecule has 0 aliphatic carbocycles. The fourth-order valence-corrected chi connectivity index (χ4v) is 2.17. The Morgan fingerprint density at radius 2 is 2.31 bits per heavy atom. The molecule has 0 bridgehead atoms. The Labute approximate surface area is 95.5 Å². The molecule has 0 aliphatic rings. The van der Waals surface area contributed by atoms with Crippen LogP contribution in [0, 0.1) is 0 Å². The van der Waals surface area contributed by atoms with Gasteiger partial charge < -0.3 is 9.72 Å². The largest absolute Gasteiger partial charge is 0.385 e. The fourth-order valence-electron chi connectivity index (χ4n) is 1.16. The summed E-state index contributed by atoms with van der Waals surface area (Å²) in [6.45, 7) is 2.80. The zero-order chi connectivity index (χ0) is 12.0. The lowest BCUT2D eigenvalue weighted by Gasteiger charge is -2.03. The minimum atomic E-state index is -3.45. The second kappa shape index (κ2) is 5.97. The van der Waals surface area contributed by atoms with Gasteiger partial charge in [0.2, 0.25) is 0 Å². The van der Waals surface area contributed by atoms with Crippen LogP contribution in [0.25, 0.3) is 0 Å². The first-order chi connectivity index (χ1) is 7.60. The van der Waals surface area contributed by atoms with E-state index in [1.807, 2.05) is 6.92 Å². The number of aromatic nitrogens is 2. The van der Waals surface area contributed by atoms with Gasteiger partial charge in [0.15, 0.2) is 5.03 Å². The van der Waals surface area contributed by atoms with Crippen LogP contribution in [0.2, 0.25) is 0 Å². The van der Waals surface area contributed by atoms with Crippen LogP contribution < -0.4 is 4.72 Å². The molecule has 0 unspecified atom stereocenters. The van der Waals surface area contributed by atoms with Gasteiger partial charge in [-0.25, -0.2) is 18.1 Å². The molecule has 1 heterocycles.